The van der Waals surface area contributed by atoms with Crippen LogP contribution in [0.4, 0.5) is 8.78 Å². The number of fused-ring (bicyclic) bond motifs is 1. The van der Waals surface area contributed by atoms with Crippen molar-refractivity contribution in [3.05, 3.63) is 48.0 Å². The van der Waals surface area contributed by atoms with E-state index in [1.807, 2.05) is 36.4 Å². The van der Waals surface area contributed by atoms with Gasteiger partial charge in [-0.25, -0.2) is 8.78 Å². The summed E-state index contributed by atoms with van der Waals surface area (Å²) >= 11 is 0. The average molecular weight is 281 g/mol. The van der Waals surface area contributed by atoms with E-state index in [4.69, 9.17) is 5.11 Å². The van der Waals surface area contributed by atoms with Crippen LogP contribution in [-0.4, -0.2) is 35.8 Å². The number of hydrogen-bond acceptors (Lipinski definition) is 3. The summed E-state index contributed by atoms with van der Waals surface area (Å²) in [4.78, 5) is 0. The third-order valence-corrected chi connectivity index (χ3v) is 3.11. The van der Waals surface area contributed by atoms with Crippen LogP contribution in [0.3, 0.4) is 0 Å². The summed E-state index contributed by atoms with van der Waals surface area (Å²) in [5, 5.41) is 22.9. The molecule has 0 aliphatic heterocycles. The van der Waals surface area contributed by atoms with Gasteiger partial charge in [0.05, 0.1) is 12.6 Å². The van der Waals surface area contributed by atoms with Gasteiger partial charge < -0.3 is 15.5 Å². The lowest BCUT2D eigenvalue weighted by Crippen LogP contribution is -2.37. The van der Waals surface area contributed by atoms with Crippen LogP contribution in [0.5, 0.6) is 0 Å². The molecule has 0 aromatic heterocycles. The van der Waals surface area contributed by atoms with Crippen LogP contribution < -0.4 is 5.32 Å². The lowest BCUT2D eigenvalue weighted by atomic mass is 10.0. The first-order chi connectivity index (χ1) is 9.52. The Kier molecular flexibility index (Phi) is 4.65. The molecular weight excluding hydrogens is 264 g/mol. The largest absolute Gasteiger partial charge is 0.390 e. The minimum absolute atomic E-state index is 0.00787. The fourth-order valence-corrected chi connectivity index (χ4v) is 1.98. The SMILES string of the molecule is OCC(F)(F)CNCC(O)c1ccc2ccccc2c1. The van der Waals surface area contributed by atoms with E-state index >= 15 is 0 Å². The van der Waals surface area contributed by atoms with Crippen LogP contribution in [0.15, 0.2) is 42.5 Å². The molecule has 0 aliphatic rings. The highest BCUT2D eigenvalue weighted by molar-refractivity contribution is 5.83. The van der Waals surface area contributed by atoms with Crippen molar-refractivity contribution in [3.63, 3.8) is 0 Å². The molecule has 0 amide bonds. The standard InChI is InChI=1S/C15H17F2NO2/c16-15(17,10-19)9-18-8-14(20)13-6-5-11-3-1-2-4-12(11)7-13/h1-7,14,18-20H,8-10H2. The molecule has 2 rings (SSSR count). The summed E-state index contributed by atoms with van der Waals surface area (Å²) in [7, 11) is 0. The van der Waals surface area contributed by atoms with Crippen LogP contribution in [0.1, 0.15) is 11.7 Å². The number of aliphatic hydroxyl groups is 2. The van der Waals surface area contributed by atoms with Crippen molar-refractivity contribution in [1.29, 1.82) is 0 Å². The van der Waals surface area contributed by atoms with Gasteiger partial charge in [0.25, 0.3) is 5.92 Å². The van der Waals surface area contributed by atoms with E-state index in [9.17, 15) is 13.9 Å². The highest BCUT2D eigenvalue weighted by Gasteiger charge is 2.27. The van der Waals surface area contributed by atoms with Crippen molar-refractivity contribution < 1.29 is 19.0 Å². The molecule has 0 saturated heterocycles. The van der Waals surface area contributed by atoms with Gasteiger partial charge in [0, 0.05) is 6.54 Å². The molecule has 1 atom stereocenters. The fourth-order valence-electron chi connectivity index (χ4n) is 1.98. The Morgan fingerprint density at radius 1 is 1.10 bits per heavy atom. The first-order valence-corrected chi connectivity index (χ1v) is 6.38. The molecule has 0 bridgehead atoms. The summed E-state index contributed by atoms with van der Waals surface area (Å²) in [6.07, 6.45) is -0.867. The summed E-state index contributed by atoms with van der Waals surface area (Å²) in [6, 6.07) is 13.2. The number of halogens is 2. The van der Waals surface area contributed by atoms with Crippen molar-refractivity contribution >= 4 is 10.8 Å². The zero-order chi connectivity index (χ0) is 14.6. The molecule has 5 heteroatoms. The normalized spacial score (nSPS) is 13.6. The van der Waals surface area contributed by atoms with Gasteiger partial charge in [-0.2, -0.15) is 0 Å². The molecule has 0 saturated carbocycles. The van der Waals surface area contributed by atoms with E-state index in [1.165, 1.54) is 0 Å². The van der Waals surface area contributed by atoms with Gasteiger partial charge in [-0.05, 0) is 22.4 Å². The zero-order valence-corrected chi connectivity index (χ0v) is 10.9. The van der Waals surface area contributed by atoms with Gasteiger partial charge in [0.15, 0.2) is 0 Å². The molecule has 0 fully saturated rings. The highest BCUT2D eigenvalue weighted by Crippen LogP contribution is 2.20. The van der Waals surface area contributed by atoms with E-state index < -0.39 is 25.2 Å². The average Bonchev–Trinajstić information content (AvgIpc) is 2.46. The Hall–Kier alpha value is -1.56. The summed E-state index contributed by atoms with van der Waals surface area (Å²) in [5.41, 5.74) is 0.670. The molecule has 0 heterocycles. The molecule has 2 aromatic carbocycles. The van der Waals surface area contributed by atoms with Crippen LogP contribution in [0.2, 0.25) is 0 Å². The molecule has 2 aromatic rings. The molecule has 0 spiro atoms. The predicted molar refractivity (Wildman–Crippen MR) is 73.8 cm³/mol. The van der Waals surface area contributed by atoms with Gasteiger partial charge in [0.2, 0.25) is 0 Å². The number of aliphatic hydroxyl groups excluding tert-OH is 2. The molecule has 3 N–H and O–H groups in total. The lowest BCUT2D eigenvalue weighted by molar-refractivity contribution is -0.0488. The van der Waals surface area contributed by atoms with E-state index in [-0.39, 0.29) is 6.54 Å². The van der Waals surface area contributed by atoms with Crippen LogP contribution in [0.25, 0.3) is 10.8 Å². The van der Waals surface area contributed by atoms with Crippen molar-refractivity contribution in [2.75, 3.05) is 19.7 Å². The van der Waals surface area contributed by atoms with E-state index in [2.05, 4.69) is 5.32 Å². The van der Waals surface area contributed by atoms with Gasteiger partial charge in [0.1, 0.15) is 6.61 Å². The number of hydrogen-bond donors (Lipinski definition) is 3. The van der Waals surface area contributed by atoms with Crippen molar-refractivity contribution in [2.45, 2.75) is 12.0 Å². The Morgan fingerprint density at radius 2 is 1.80 bits per heavy atom. The van der Waals surface area contributed by atoms with E-state index in [0.29, 0.717) is 5.56 Å². The maximum Gasteiger partial charge on any atom is 0.282 e. The van der Waals surface area contributed by atoms with Crippen LogP contribution in [0, 0.1) is 0 Å². The Morgan fingerprint density at radius 3 is 2.50 bits per heavy atom. The number of rotatable bonds is 6. The van der Waals surface area contributed by atoms with Gasteiger partial charge >= 0.3 is 0 Å². The maximum absolute atomic E-state index is 12.8. The minimum Gasteiger partial charge on any atom is -0.390 e. The van der Waals surface area contributed by atoms with Crippen LogP contribution >= 0.6 is 0 Å². The number of nitrogens with one attached hydrogen (secondary N) is 1. The second-order valence-electron chi connectivity index (χ2n) is 4.77. The van der Waals surface area contributed by atoms with Crippen LogP contribution in [-0.2, 0) is 0 Å². The molecule has 1 unspecified atom stereocenters. The molecular formula is C15H17F2NO2. The topological polar surface area (TPSA) is 52.5 Å². The van der Waals surface area contributed by atoms with Crippen molar-refractivity contribution in [1.82, 2.24) is 5.32 Å². The third kappa shape index (κ3) is 3.72. The summed E-state index contributed by atoms with van der Waals surface area (Å²) < 4.78 is 25.6. The minimum atomic E-state index is -3.16. The third-order valence-electron chi connectivity index (χ3n) is 3.11. The van der Waals surface area contributed by atoms with Gasteiger partial charge in [-0.3, -0.25) is 0 Å². The van der Waals surface area contributed by atoms with Crippen molar-refractivity contribution in [2.24, 2.45) is 0 Å². The predicted octanol–water partition coefficient (Wildman–Crippen LogP) is 2.09. The van der Waals surface area contributed by atoms with Gasteiger partial charge in [-0.15, -0.1) is 0 Å². The Labute approximate surface area is 115 Å². The zero-order valence-electron chi connectivity index (χ0n) is 10.9. The molecule has 0 radical (unpaired) electrons. The second kappa shape index (κ2) is 6.26. The fraction of sp³-hybridized carbons (Fsp3) is 0.333. The lowest BCUT2D eigenvalue weighted by Gasteiger charge is -2.17. The second-order valence-corrected chi connectivity index (χ2v) is 4.77. The molecule has 20 heavy (non-hydrogen) atoms. The molecule has 0 aliphatic carbocycles. The maximum atomic E-state index is 12.8. The summed E-state index contributed by atoms with van der Waals surface area (Å²) in [6.45, 7) is -1.85. The molecule has 108 valence electrons. The van der Waals surface area contributed by atoms with E-state index in [1.54, 1.807) is 6.07 Å². The monoisotopic (exact) mass is 281 g/mol. The Balaban J connectivity index is 1.99. The number of alkyl halides is 2. The smallest absolute Gasteiger partial charge is 0.282 e. The Bertz CT molecular complexity index is 575. The quantitative estimate of drug-likeness (QED) is 0.760. The first-order valence-electron chi connectivity index (χ1n) is 6.38. The number of benzene rings is 2. The highest BCUT2D eigenvalue weighted by atomic mass is 19.3. The van der Waals surface area contributed by atoms with E-state index in [0.717, 1.165) is 10.8 Å². The van der Waals surface area contributed by atoms with Gasteiger partial charge in [-0.1, -0.05) is 36.4 Å². The first kappa shape index (κ1) is 14.8. The van der Waals surface area contributed by atoms with Crippen molar-refractivity contribution in [3.8, 4) is 0 Å². The summed E-state index contributed by atoms with van der Waals surface area (Å²) in [5.74, 6) is -3.16. The molecule has 3 nitrogen and oxygen atoms in total.